The molecule has 0 spiro atoms. The summed E-state index contributed by atoms with van der Waals surface area (Å²) in [6.07, 6.45) is 2.61. The quantitative estimate of drug-likeness (QED) is 0.711. The highest BCUT2D eigenvalue weighted by atomic mass is 16.5. The second-order valence-corrected chi connectivity index (χ2v) is 3.67. The van der Waals surface area contributed by atoms with E-state index in [1.807, 2.05) is 0 Å². The second-order valence-electron chi connectivity index (χ2n) is 3.67. The lowest BCUT2D eigenvalue weighted by atomic mass is 10.4. The van der Waals surface area contributed by atoms with Crippen LogP contribution in [0.3, 0.4) is 0 Å². The molecule has 1 aliphatic carbocycles. The highest BCUT2D eigenvalue weighted by molar-refractivity contribution is 5.89. The Labute approximate surface area is 87.4 Å². The number of carbonyl (C=O) groups is 1. The van der Waals surface area contributed by atoms with Crippen molar-refractivity contribution in [3.63, 3.8) is 0 Å². The second kappa shape index (κ2) is 4.39. The molecule has 0 aromatic carbocycles. The maximum atomic E-state index is 11.1. The fraction of sp³-hybridized carbons (Fsp3) is 0.667. The van der Waals surface area contributed by atoms with E-state index in [2.05, 4.69) is 20.8 Å². The van der Waals surface area contributed by atoms with Gasteiger partial charge in [0.2, 0.25) is 5.89 Å². The van der Waals surface area contributed by atoms with Gasteiger partial charge in [-0.25, -0.2) is 0 Å². The zero-order chi connectivity index (χ0) is 10.7. The van der Waals surface area contributed by atoms with Gasteiger partial charge in [0.25, 0.3) is 11.7 Å². The Morgan fingerprint density at radius 1 is 1.60 bits per heavy atom. The highest BCUT2D eigenvalue weighted by Crippen LogP contribution is 2.27. The summed E-state index contributed by atoms with van der Waals surface area (Å²) in [6, 6.07) is 0. The molecule has 82 valence electrons. The fourth-order valence-electron chi connectivity index (χ4n) is 1.24. The van der Waals surface area contributed by atoms with Crippen LogP contribution in [0.15, 0.2) is 4.52 Å². The lowest BCUT2D eigenvalue weighted by Crippen LogP contribution is -2.20. The molecular formula is C9H14N4O2. The summed E-state index contributed by atoms with van der Waals surface area (Å²) >= 11 is 0. The molecule has 15 heavy (non-hydrogen) atoms. The first-order valence-corrected chi connectivity index (χ1v) is 5.05. The molecule has 2 N–H and O–H groups in total. The summed E-state index contributed by atoms with van der Waals surface area (Å²) in [6.45, 7) is 1.51. The predicted molar refractivity (Wildman–Crippen MR) is 52.1 cm³/mol. The summed E-state index contributed by atoms with van der Waals surface area (Å²) in [5.41, 5.74) is 0. The maximum absolute atomic E-state index is 11.1. The largest absolute Gasteiger partial charge is 0.352 e. The van der Waals surface area contributed by atoms with Crippen molar-refractivity contribution in [2.45, 2.75) is 19.4 Å². The third-order valence-electron chi connectivity index (χ3n) is 2.30. The SMILES string of the molecule is CNC(=O)c1noc(CNCC2CC2)n1. The van der Waals surface area contributed by atoms with Crippen LogP contribution in [-0.2, 0) is 6.54 Å². The van der Waals surface area contributed by atoms with E-state index in [4.69, 9.17) is 4.52 Å². The molecule has 0 saturated heterocycles. The molecule has 1 aliphatic rings. The molecular weight excluding hydrogens is 196 g/mol. The summed E-state index contributed by atoms with van der Waals surface area (Å²) in [5, 5.41) is 9.20. The van der Waals surface area contributed by atoms with Gasteiger partial charge in [-0.05, 0) is 25.3 Å². The van der Waals surface area contributed by atoms with Crippen LogP contribution in [0.5, 0.6) is 0 Å². The van der Waals surface area contributed by atoms with Crippen molar-refractivity contribution in [3.05, 3.63) is 11.7 Å². The average Bonchev–Trinajstić information content (AvgIpc) is 2.94. The monoisotopic (exact) mass is 210 g/mol. The van der Waals surface area contributed by atoms with E-state index >= 15 is 0 Å². The minimum Gasteiger partial charge on any atom is -0.352 e. The summed E-state index contributed by atoms with van der Waals surface area (Å²) in [7, 11) is 1.53. The van der Waals surface area contributed by atoms with E-state index in [0.717, 1.165) is 12.5 Å². The van der Waals surface area contributed by atoms with Gasteiger partial charge >= 0.3 is 0 Å². The summed E-state index contributed by atoms with van der Waals surface area (Å²) < 4.78 is 4.91. The van der Waals surface area contributed by atoms with Crippen molar-refractivity contribution in [3.8, 4) is 0 Å². The van der Waals surface area contributed by atoms with E-state index in [1.54, 1.807) is 0 Å². The molecule has 1 saturated carbocycles. The number of nitrogens with one attached hydrogen (secondary N) is 2. The molecule has 1 aromatic rings. The molecule has 0 unspecified atom stereocenters. The van der Waals surface area contributed by atoms with Gasteiger partial charge in [-0.2, -0.15) is 4.98 Å². The first-order valence-electron chi connectivity index (χ1n) is 5.05. The Hall–Kier alpha value is -1.43. The standard InChI is InChI=1S/C9H14N4O2/c1-10-9(14)8-12-7(15-13-8)5-11-4-6-2-3-6/h6,11H,2-5H2,1H3,(H,10,14). The minimum atomic E-state index is -0.327. The Morgan fingerprint density at radius 2 is 2.40 bits per heavy atom. The molecule has 1 heterocycles. The number of aromatic nitrogens is 2. The number of carbonyl (C=O) groups excluding carboxylic acids is 1. The topological polar surface area (TPSA) is 80.0 Å². The number of amides is 1. The molecule has 6 heteroatoms. The van der Waals surface area contributed by atoms with Gasteiger partial charge in [0, 0.05) is 7.05 Å². The van der Waals surface area contributed by atoms with E-state index in [0.29, 0.717) is 12.4 Å². The van der Waals surface area contributed by atoms with Crippen LogP contribution in [0, 0.1) is 5.92 Å². The molecule has 0 atom stereocenters. The van der Waals surface area contributed by atoms with Crippen LogP contribution in [0.2, 0.25) is 0 Å². The predicted octanol–water partition coefficient (Wildman–Crippen LogP) is -0.0712. The van der Waals surface area contributed by atoms with Crippen LogP contribution in [0.1, 0.15) is 29.4 Å². The molecule has 1 fully saturated rings. The van der Waals surface area contributed by atoms with Crippen molar-refractivity contribution in [1.29, 1.82) is 0 Å². The number of nitrogens with zero attached hydrogens (tertiary/aromatic N) is 2. The minimum absolute atomic E-state index is 0.0840. The summed E-state index contributed by atoms with van der Waals surface area (Å²) in [5.74, 6) is 1.02. The van der Waals surface area contributed by atoms with Gasteiger partial charge in [0.05, 0.1) is 6.54 Å². The lowest BCUT2D eigenvalue weighted by molar-refractivity contribution is 0.0950. The van der Waals surface area contributed by atoms with Crippen molar-refractivity contribution in [1.82, 2.24) is 20.8 Å². The van der Waals surface area contributed by atoms with Crippen molar-refractivity contribution < 1.29 is 9.32 Å². The molecule has 0 bridgehead atoms. The molecule has 1 amide bonds. The normalized spacial score (nSPS) is 15.3. The first kappa shape index (κ1) is 10.1. The zero-order valence-corrected chi connectivity index (χ0v) is 8.62. The van der Waals surface area contributed by atoms with E-state index in [9.17, 15) is 4.79 Å². The molecule has 1 aromatic heterocycles. The van der Waals surface area contributed by atoms with Crippen LogP contribution in [-0.4, -0.2) is 29.6 Å². The Kier molecular flexibility index (Phi) is 2.96. The lowest BCUT2D eigenvalue weighted by Gasteiger charge is -1.97. The maximum Gasteiger partial charge on any atom is 0.292 e. The highest BCUT2D eigenvalue weighted by Gasteiger charge is 2.20. The van der Waals surface area contributed by atoms with E-state index in [-0.39, 0.29) is 11.7 Å². The molecule has 6 nitrogen and oxygen atoms in total. The molecule has 2 rings (SSSR count). The van der Waals surface area contributed by atoms with Gasteiger partial charge in [-0.3, -0.25) is 4.79 Å². The van der Waals surface area contributed by atoms with E-state index < -0.39 is 0 Å². The van der Waals surface area contributed by atoms with Crippen molar-refractivity contribution >= 4 is 5.91 Å². The first-order chi connectivity index (χ1) is 7.29. The summed E-state index contributed by atoms with van der Waals surface area (Å²) in [4.78, 5) is 15.0. The van der Waals surface area contributed by atoms with Crippen molar-refractivity contribution in [2.24, 2.45) is 5.92 Å². The van der Waals surface area contributed by atoms with Gasteiger partial charge in [0.1, 0.15) is 0 Å². The smallest absolute Gasteiger partial charge is 0.292 e. The van der Waals surface area contributed by atoms with E-state index in [1.165, 1.54) is 19.9 Å². The fourth-order valence-corrected chi connectivity index (χ4v) is 1.24. The van der Waals surface area contributed by atoms with Crippen LogP contribution >= 0.6 is 0 Å². The molecule has 0 aliphatic heterocycles. The Balaban J connectivity index is 1.80. The Morgan fingerprint density at radius 3 is 3.07 bits per heavy atom. The number of hydrogen-bond donors (Lipinski definition) is 2. The van der Waals surface area contributed by atoms with Crippen LogP contribution < -0.4 is 10.6 Å². The van der Waals surface area contributed by atoms with Gasteiger partial charge in [-0.1, -0.05) is 5.16 Å². The van der Waals surface area contributed by atoms with Gasteiger partial charge in [-0.15, -0.1) is 0 Å². The third kappa shape index (κ3) is 2.76. The average molecular weight is 210 g/mol. The zero-order valence-electron chi connectivity index (χ0n) is 8.62. The van der Waals surface area contributed by atoms with Gasteiger partial charge < -0.3 is 15.2 Å². The number of rotatable bonds is 5. The Bertz CT molecular complexity index is 346. The van der Waals surface area contributed by atoms with Gasteiger partial charge in [0.15, 0.2) is 0 Å². The van der Waals surface area contributed by atoms with Crippen LogP contribution in [0.25, 0.3) is 0 Å². The molecule has 0 radical (unpaired) electrons. The third-order valence-corrected chi connectivity index (χ3v) is 2.30. The van der Waals surface area contributed by atoms with Crippen molar-refractivity contribution in [2.75, 3.05) is 13.6 Å². The van der Waals surface area contributed by atoms with Crippen LogP contribution in [0.4, 0.5) is 0 Å². The number of hydrogen-bond acceptors (Lipinski definition) is 5.